The minimum Gasteiger partial charge on any atom is -0.490 e. The van der Waals surface area contributed by atoms with Crippen molar-refractivity contribution in [2.45, 2.75) is 38.7 Å². The number of ether oxygens (including phenoxy) is 1. The van der Waals surface area contributed by atoms with Crippen molar-refractivity contribution in [2.24, 2.45) is 5.92 Å². The Morgan fingerprint density at radius 2 is 1.71 bits per heavy atom. The fourth-order valence-electron chi connectivity index (χ4n) is 4.07. The summed E-state index contributed by atoms with van der Waals surface area (Å²) < 4.78 is 6.09. The number of hydrogen-bond donors (Lipinski definition) is 0. The van der Waals surface area contributed by atoms with Crippen molar-refractivity contribution in [1.29, 1.82) is 0 Å². The third-order valence-electron chi connectivity index (χ3n) is 5.80. The molecule has 148 valence electrons. The Kier molecular flexibility index (Phi) is 5.74. The first-order chi connectivity index (χ1) is 13.7. The van der Waals surface area contributed by atoms with Crippen LogP contribution in [-0.4, -0.2) is 53.1 Å². The molecule has 2 aliphatic rings. The Balaban J connectivity index is 1.24. The minimum atomic E-state index is 0.127. The van der Waals surface area contributed by atoms with Crippen LogP contribution in [0.4, 0.5) is 5.82 Å². The van der Waals surface area contributed by atoms with Gasteiger partial charge in [0.2, 0.25) is 5.91 Å². The number of carbonyl (C=O) groups excluding carboxylic acids is 1. The second-order valence-electron chi connectivity index (χ2n) is 7.78. The van der Waals surface area contributed by atoms with E-state index in [0.717, 1.165) is 63.4 Å². The smallest absolute Gasteiger partial charge is 0.225 e. The van der Waals surface area contributed by atoms with Crippen LogP contribution in [0.3, 0.4) is 0 Å². The summed E-state index contributed by atoms with van der Waals surface area (Å²) in [5, 5.41) is 0. The molecule has 0 atom stereocenters. The van der Waals surface area contributed by atoms with Crippen molar-refractivity contribution in [3.63, 3.8) is 0 Å². The first kappa shape index (κ1) is 18.7. The summed E-state index contributed by atoms with van der Waals surface area (Å²) in [6.45, 7) is 5.38. The van der Waals surface area contributed by atoms with Crippen molar-refractivity contribution >= 4 is 11.7 Å². The van der Waals surface area contributed by atoms with Gasteiger partial charge in [-0.2, -0.15) is 0 Å². The summed E-state index contributed by atoms with van der Waals surface area (Å²) in [6.07, 6.45) is 8.97. The molecule has 0 aliphatic carbocycles. The lowest BCUT2D eigenvalue weighted by Gasteiger charge is -2.37. The third-order valence-corrected chi connectivity index (χ3v) is 5.80. The van der Waals surface area contributed by atoms with Gasteiger partial charge in [0.05, 0.1) is 6.20 Å². The minimum absolute atomic E-state index is 0.127. The number of aryl methyl sites for hydroxylation is 1. The van der Waals surface area contributed by atoms with Gasteiger partial charge >= 0.3 is 0 Å². The molecule has 28 heavy (non-hydrogen) atoms. The molecule has 2 saturated heterocycles. The van der Waals surface area contributed by atoms with Crippen molar-refractivity contribution in [3.8, 4) is 5.75 Å². The molecular formula is C22H28N4O2. The number of nitrogens with zero attached hydrogens (tertiary/aromatic N) is 4. The number of rotatable bonds is 4. The van der Waals surface area contributed by atoms with Crippen molar-refractivity contribution < 1.29 is 9.53 Å². The average molecular weight is 380 g/mol. The van der Waals surface area contributed by atoms with Gasteiger partial charge in [-0.1, -0.05) is 17.7 Å². The van der Waals surface area contributed by atoms with E-state index in [4.69, 9.17) is 4.74 Å². The van der Waals surface area contributed by atoms with Gasteiger partial charge in [0.15, 0.2) is 0 Å². The number of anilines is 1. The summed E-state index contributed by atoms with van der Waals surface area (Å²) in [5.74, 6) is 2.27. The molecule has 2 fully saturated rings. The Morgan fingerprint density at radius 1 is 1.00 bits per heavy atom. The molecule has 0 bridgehead atoms. The molecule has 1 aromatic carbocycles. The predicted octanol–water partition coefficient (Wildman–Crippen LogP) is 3.07. The highest BCUT2D eigenvalue weighted by Crippen LogP contribution is 2.25. The van der Waals surface area contributed by atoms with Gasteiger partial charge < -0.3 is 14.5 Å². The molecule has 6 nitrogen and oxygen atoms in total. The number of amides is 1. The number of piperidine rings is 2. The van der Waals surface area contributed by atoms with Gasteiger partial charge in [-0.25, -0.2) is 4.98 Å². The normalized spacial score (nSPS) is 18.9. The molecule has 0 spiro atoms. The van der Waals surface area contributed by atoms with E-state index in [-0.39, 0.29) is 12.0 Å². The number of aromatic nitrogens is 2. The number of carbonyl (C=O) groups is 1. The lowest BCUT2D eigenvalue weighted by Crippen LogP contribution is -2.47. The van der Waals surface area contributed by atoms with E-state index < -0.39 is 0 Å². The van der Waals surface area contributed by atoms with Crippen LogP contribution < -0.4 is 9.64 Å². The highest BCUT2D eigenvalue weighted by atomic mass is 16.5. The van der Waals surface area contributed by atoms with Gasteiger partial charge in [-0.05, 0) is 31.9 Å². The Morgan fingerprint density at radius 3 is 2.36 bits per heavy atom. The molecule has 0 radical (unpaired) electrons. The molecule has 1 amide bonds. The molecule has 1 aromatic heterocycles. The summed E-state index contributed by atoms with van der Waals surface area (Å²) in [5.41, 5.74) is 1.23. The first-order valence-corrected chi connectivity index (χ1v) is 10.2. The zero-order valence-corrected chi connectivity index (χ0v) is 16.5. The van der Waals surface area contributed by atoms with Crippen molar-refractivity contribution in [3.05, 3.63) is 48.4 Å². The van der Waals surface area contributed by atoms with E-state index in [1.54, 1.807) is 18.6 Å². The Bertz CT molecular complexity index is 765. The number of hydrogen-bond acceptors (Lipinski definition) is 5. The molecule has 6 heteroatoms. The molecule has 3 heterocycles. The molecule has 0 N–H and O–H groups in total. The molecule has 4 rings (SSSR count). The SMILES string of the molecule is Cc1ccc(OC2CCN(C(=O)C3CCN(c4cnccn4)CC3)CC2)cc1. The zero-order valence-electron chi connectivity index (χ0n) is 16.5. The highest BCUT2D eigenvalue weighted by molar-refractivity contribution is 5.79. The van der Waals surface area contributed by atoms with E-state index in [1.807, 2.05) is 17.0 Å². The van der Waals surface area contributed by atoms with Crippen LogP contribution in [0.15, 0.2) is 42.9 Å². The van der Waals surface area contributed by atoms with Crippen LogP contribution in [0, 0.1) is 12.8 Å². The van der Waals surface area contributed by atoms with Crippen molar-refractivity contribution in [1.82, 2.24) is 14.9 Å². The van der Waals surface area contributed by atoms with Gasteiger partial charge in [0.1, 0.15) is 17.7 Å². The van der Waals surface area contributed by atoms with E-state index in [9.17, 15) is 4.79 Å². The third kappa shape index (κ3) is 4.43. The van der Waals surface area contributed by atoms with Gasteiger partial charge in [-0.3, -0.25) is 9.78 Å². The van der Waals surface area contributed by atoms with Crippen LogP contribution >= 0.6 is 0 Å². The summed E-state index contributed by atoms with van der Waals surface area (Å²) >= 11 is 0. The summed E-state index contributed by atoms with van der Waals surface area (Å²) in [7, 11) is 0. The Hall–Kier alpha value is -2.63. The van der Waals surface area contributed by atoms with Gasteiger partial charge in [-0.15, -0.1) is 0 Å². The first-order valence-electron chi connectivity index (χ1n) is 10.2. The second-order valence-corrected chi connectivity index (χ2v) is 7.78. The lowest BCUT2D eigenvalue weighted by molar-refractivity contribution is -0.138. The fourth-order valence-corrected chi connectivity index (χ4v) is 4.07. The van der Waals surface area contributed by atoms with Gasteiger partial charge in [0, 0.05) is 57.3 Å². The summed E-state index contributed by atoms with van der Waals surface area (Å²) in [4.78, 5) is 25.7. The zero-order chi connectivity index (χ0) is 19.3. The van der Waals surface area contributed by atoms with E-state index in [2.05, 4.69) is 33.9 Å². The molecule has 2 aromatic rings. The maximum atomic E-state index is 12.9. The van der Waals surface area contributed by atoms with E-state index >= 15 is 0 Å². The molecular weight excluding hydrogens is 352 g/mol. The summed E-state index contributed by atoms with van der Waals surface area (Å²) in [6, 6.07) is 8.19. The fraction of sp³-hybridized carbons (Fsp3) is 0.500. The predicted molar refractivity (Wildman–Crippen MR) is 108 cm³/mol. The second kappa shape index (κ2) is 8.59. The monoisotopic (exact) mass is 380 g/mol. The van der Waals surface area contributed by atoms with Crippen LogP contribution in [0.25, 0.3) is 0 Å². The number of likely N-dealkylation sites (tertiary alicyclic amines) is 1. The van der Waals surface area contributed by atoms with Gasteiger partial charge in [0.25, 0.3) is 0 Å². The van der Waals surface area contributed by atoms with Crippen LogP contribution in [-0.2, 0) is 4.79 Å². The van der Waals surface area contributed by atoms with E-state index in [1.165, 1.54) is 5.56 Å². The molecule has 0 unspecified atom stereocenters. The van der Waals surface area contributed by atoms with Crippen LogP contribution in [0.1, 0.15) is 31.2 Å². The average Bonchev–Trinajstić information content (AvgIpc) is 2.76. The van der Waals surface area contributed by atoms with Crippen LogP contribution in [0.2, 0.25) is 0 Å². The molecule has 2 aliphatic heterocycles. The quantitative estimate of drug-likeness (QED) is 0.816. The lowest BCUT2D eigenvalue weighted by atomic mass is 9.94. The topological polar surface area (TPSA) is 58.6 Å². The van der Waals surface area contributed by atoms with Crippen LogP contribution in [0.5, 0.6) is 5.75 Å². The standard InChI is InChI=1S/C22H28N4O2/c1-17-2-4-19(5-3-17)28-20-8-14-26(15-9-20)22(27)18-6-12-25(13-7-18)21-16-23-10-11-24-21/h2-5,10-11,16,18,20H,6-9,12-15H2,1H3. The van der Waals surface area contributed by atoms with Crippen molar-refractivity contribution in [2.75, 3.05) is 31.1 Å². The maximum absolute atomic E-state index is 12.9. The maximum Gasteiger partial charge on any atom is 0.225 e. The number of benzene rings is 1. The molecule has 0 saturated carbocycles. The Labute approximate surface area is 166 Å². The largest absolute Gasteiger partial charge is 0.490 e. The highest BCUT2D eigenvalue weighted by Gasteiger charge is 2.31. The van der Waals surface area contributed by atoms with E-state index in [0.29, 0.717) is 5.91 Å².